The molecule has 0 bridgehead atoms. The van der Waals surface area contributed by atoms with Gasteiger partial charge in [0.2, 0.25) is 0 Å². The fourth-order valence-electron chi connectivity index (χ4n) is 1.87. The highest BCUT2D eigenvalue weighted by atomic mass is 32.2. The lowest BCUT2D eigenvalue weighted by atomic mass is 10.3. The zero-order valence-corrected chi connectivity index (χ0v) is 12.9. The fraction of sp³-hybridized carbons (Fsp3) is 0.133. The van der Waals surface area contributed by atoms with Crippen molar-refractivity contribution in [2.24, 2.45) is 0 Å². The molecule has 0 unspecified atom stereocenters. The average molecular weight is 341 g/mol. The number of methoxy groups -OCH3 is 1. The predicted octanol–water partition coefficient (Wildman–Crippen LogP) is 2.33. The van der Waals surface area contributed by atoms with E-state index in [2.05, 4.69) is 4.74 Å². The highest BCUT2D eigenvalue weighted by Crippen LogP contribution is 2.26. The van der Waals surface area contributed by atoms with Gasteiger partial charge in [-0.1, -0.05) is 12.1 Å². The normalized spacial score (nSPS) is 11.1. The molecule has 0 atom stereocenters. The first kappa shape index (κ1) is 16.9. The van der Waals surface area contributed by atoms with Crippen LogP contribution in [0.4, 0.5) is 14.5 Å². The quantitative estimate of drug-likeness (QED) is 0.783. The third kappa shape index (κ3) is 3.65. The van der Waals surface area contributed by atoms with Crippen molar-refractivity contribution >= 4 is 21.7 Å². The molecule has 122 valence electrons. The number of rotatable bonds is 5. The van der Waals surface area contributed by atoms with Crippen LogP contribution in [-0.2, 0) is 19.6 Å². The first-order chi connectivity index (χ1) is 10.9. The second-order valence-corrected chi connectivity index (χ2v) is 6.36. The fourth-order valence-corrected chi connectivity index (χ4v) is 3.29. The number of sulfonamides is 1. The maximum absolute atomic E-state index is 14.0. The van der Waals surface area contributed by atoms with Gasteiger partial charge in [-0.25, -0.2) is 17.2 Å². The van der Waals surface area contributed by atoms with Gasteiger partial charge >= 0.3 is 5.97 Å². The first-order valence-electron chi connectivity index (χ1n) is 6.46. The SMILES string of the molecule is COC(=O)CN(c1ccccc1F)S(=O)(=O)c1ccc(F)cc1. The van der Waals surface area contributed by atoms with E-state index in [9.17, 15) is 22.0 Å². The van der Waals surface area contributed by atoms with E-state index < -0.39 is 34.2 Å². The summed E-state index contributed by atoms with van der Waals surface area (Å²) in [7, 11) is -3.18. The zero-order valence-electron chi connectivity index (χ0n) is 12.1. The molecular formula is C15H13F2NO4S. The van der Waals surface area contributed by atoms with E-state index in [4.69, 9.17) is 0 Å². The van der Waals surface area contributed by atoms with Crippen LogP contribution in [0, 0.1) is 11.6 Å². The van der Waals surface area contributed by atoms with Crippen LogP contribution in [0.3, 0.4) is 0 Å². The highest BCUT2D eigenvalue weighted by molar-refractivity contribution is 7.92. The third-order valence-corrected chi connectivity index (χ3v) is 4.80. The first-order valence-corrected chi connectivity index (χ1v) is 7.90. The molecule has 0 N–H and O–H groups in total. The van der Waals surface area contributed by atoms with Crippen molar-refractivity contribution in [3.8, 4) is 0 Å². The van der Waals surface area contributed by atoms with Crippen LogP contribution >= 0.6 is 0 Å². The van der Waals surface area contributed by atoms with Crippen molar-refractivity contribution < 1.29 is 26.7 Å². The summed E-state index contributed by atoms with van der Waals surface area (Å²) in [4.78, 5) is 11.3. The second kappa shape index (κ2) is 6.74. The van der Waals surface area contributed by atoms with Gasteiger partial charge in [-0.05, 0) is 36.4 Å². The molecular weight excluding hydrogens is 328 g/mol. The minimum atomic E-state index is -4.27. The van der Waals surface area contributed by atoms with Gasteiger partial charge in [0.1, 0.15) is 18.2 Å². The largest absolute Gasteiger partial charge is 0.468 e. The summed E-state index contributed by atoms with van der Waals surface area (Å²) >= 11 is 0. The number of carbonyl (C=O) groups excluding carboxylic acids is 1. The molecule has 0 amide bonds. The van der Waals surface area contributed by atoms with Gasteiger partial charge in [0.25, 0.3) is 10.0 Å². The molecule has 2 aromatic rings. The molecule has 0 aromatic heterocycles. The lowest BCUT2D eigenvalue weighted by Crippen LogP contribution is -2.36. The molecule has 0 saturated carbocycles. The Hall–Kier alpha value is -2.48. The van der Waals surface area contributed by atoms with Crippen LogP contribution in [0.2, 0.25) is 0 Å². The van der Waals surface area contributed by atoms with Gasteiger partial charge in [0.15, 0.2) is 0 Å². The van der Waals surface area contributed by atoms with Gasteiger partial charge in [-0.15, -0.1) is 0 Å². The molecule has 0 saturated heterocycles. The van der Waals surface area contributed by atoms with Crippen LogP contribution in [0.5, 0.6) is 0 Å². The number of hydrogen-bond acceptors (Lipinski definition) is 4. The summed E-state index contributed by atoms with van der Waals surface area (Å²) < 4.78 is 57.4. The maximum Gasteiger partial charge on any atom is 0.326 e. The summed E-state index contributed by atoms with van der Waals surface area (Å²) in [5, 5.41) is 0. The zero-order chi connectivity index (χ0) is 17.0. The van der Waals surface area contributed by atoms with E-state index in [1.807, 2.05) is 0 Å². The summed E-state index contributed by atoms with van der Waals surface area (Å²) in [6.07, 6.45) is 0. The van der Waals surface area contributed by atoms with E-state index in [1.54, 1.807) is 0 Å². The van der Waals surface area contributed by atoms with Gasteiger partial charge in [0.05, 0.1) is 17.7 Å². The lowest BCUT2D eigenvalue weighted by molar-refractivity contribution is -0.138. The Morgan fingerprint density at radius 2 is 1.70 bits per heavy atom. The number of nitrogens with zero attached hydrogens (tertiary/aromatic N) is 1. The monoisotopic (exact) mass is 341 g/mol. The Morgan fingerprint density at radius 1 is 1.09 bits per heavy atom. The van der Waals surface area contributed by atoms with Crippen LogP contribution in [0.15, 0.2) is 53.4 Å². The molecule has 5 nitrogen and oxygen atoms in total. The van der Waals surface area contributed by atoms with Gasteiger partial charge in [-0.2, -0.15) is 0 Å². The number of benzene rings is 2. The number of carbonyl (C=O) groups is 1. The topological polar surface area (TPSA) is 63.7 Å². The van der Waals surface area contributed by atoms with Crippen molar-refractivity contribution in [2.75, 3.05) is 18.0 Å². The Bertz CT molecular complexity index is 806. The Kier molecular flexibility index (Phi) is 4.95. The smallest absolute Gasteiger partial charge is 0.326 e. The molecule has 0 aliphatic carbocycles. The number of anilines is 1. The summed E-state index contributed by atoms with van der Waals surface area (Å²) in [6.45, 7) is -0.711. The number of ether oxygens (including phenoxy) is 1. The van der Waals surface area contributed by atoms with E-state index in [-0.39, 0.29) is 10.6 Å². The average Bonchev–Trinajstić information content (AvgIpc) is 2.53. The molecule has 0 heterocycles. The molecule has 0 spiro atoms. The number of para-hydroxylation sites is 1. The number of esters is 1. The molecule has 0 aliphatic rings. The molecule has 0 aliphatic heterocycles. The molecule has 2 aromatic carbocycles. The van der Waals surface area contributed by atoms with Crippen LogP contribution in [0.1, 0.15) is 0 Å². The van der Waals surface area contributed by atoms with Gasteiger partial charge < -0.3 is 4.74 Å². The summed E-state index contributed by atoms with van der Waals surface area (Å²) in [5.74, 6) is -2.30. The number of halogens is 2. The second-order valence-electron chi connectivity index (χ2n) is 4.49. The standard InChI is InChI=1S/C15H13F2NO4S/c1-22-15(19)10-18(14-5-3-2-4-13(14)17)23(20,21)12-8-6-11(16)7-9-12/h2-9H,10H2,1H3. The molecule has 8 heteroatoms. The highest BCUT2D eigenvalue weighted by Gasteiger charge is 2.29. The maximum atomic E-state index is 14.0. The minimum absolute atomic E-state index is 0.272. The van der Waals surface area contributed by atoms with E-state index >= 15 is 0 Å². The van der Waals surface area contributed by atoms with Crippen molar-refractivity contribution in [2.45, 2.75) is 4.90 Å². The van der Waals surface area contributed by atoms with Crippen molar-refractivity contribution in [1.82, 2.24) is 0 Å². The van der Waals surface area contributed by atoms with Crippen LogP contribution in [0.25, 0.3) is 0 Å². The number of hydrogen-bond donors (Lipinski definition) is 0. The molecule has 23 heavy (non-hydrogen) atoms. The van der Waals surface area contributed by atoms with Crippen molar-refractivity contribution in [3.63, 3.8) is 0 Å². The summed E-state index contributed by atoms with van der Waals surface area (Å²) in [5.41, 5.74) is -0.303. The third-order valence-electron chi connectivity index (χ3n) is 3.02. The van der Waals surface area contributed by atoms with Crippen LogP contribution < -0.4 is 4.31 Å². The predicted molar refractivity (Wildman–Crippen MR) is 79.3 cm³/mol. The Labute approximate surface area is 132 Å². The summed E-state index contributed by atoms with van der Waals surface area (Å²) in [6, 6.07) is 9.11. The molecule has 0 fully saturated rings. The van der Waals surface area contributed by atoms with Gasteiger partial charge in [-0.3, -0.25) is 9.10 Å². The Morgan fingerprint density at radius 3 is 2.26 bits per heavy atom. The molecule has 2 rings (SSSR count). The Balaban J connectivity index is 2.54. The minimum Gasteiger partial charge on any atom is -0.468 e. The van der Waals surface area contributed by atoms with Crippen molar-refractivity contribution in [1.29, 1.82) is 0 Å². The van der Waals surface area contributed by atoms with Gasteiger partial charge in [0, 0.05) is 0 Å². The van der Waals surface area contributed by atoms with E-state index in [1.165, 1.54) is 18.2 Å². The van der Waals surface area contributed by atoms with Crippen molar-refractivity contribution in [3.05, 3.63) is 60.2 Å². The lowest BCUT2D eigenvalue weighted by Gasteiger charge is -2.23. The van der Waals surface area contributed by atoms with Crippen LogP contribution in [-0.4, -0.2) is 28.0 Å². The van der Waals surface area contributed by atoms with E-state index in [0.29, 0.717) is 4.31 Å². The van der Waals surface area contributed by atoms with E-state index in [0.717, 1.165) is 37.4 Å². The molecule has 0 radical (unpaired) electrons.